The molecule has 1 saturated heterocycles. The van der Waals surface area contributed by atoms with E-state index in [9.17, 15) is 27.6 Å². The summed E-state index contributed by atoms with van der Waals surface area (Å²) in [5.41, 5.74) is -0.853. The van der Waals surface area contributed by atoms with E-state index < -0.39 is 11.7 Å². The molecular formula is C13H12F3N3O3S2. The number of thioether (sulfide) groups is 2. The number of rotatable bonds is 6. The Kier molecular flexibility index (Phi) is 6.10. The van der Waals surface area contributed by atoms with Crippen LogP contribution in [0.2, 0.25) is 0 Å². The van der Waals surface area contributed by atoms with Crippen LogP contribution in [-0.2, 0) is 15.8 Å². The Bertz CT molecular complexity index is 622. The third-order valence-electron chi connectivity index (χ3n) is 2.91. The van der Waals surface area contributed by atoms with Gasteiger partial charge in [0.1, 0.15) is 0 Å². The van der Waals surface area contributed by atoms with Crippen LogP contribution in [0.15, 0.2) is 23.4 Å². The molecule has 0 aliphatic carbocycles. The van der Waals surface area contributed by atoms with Gasteiger partial charge >= 0.3 is 6.18 Å². The lowest BCUT2D eigenvalue weighted by atomic mass is 10.3. The lowest BCUT2D eigenvalue weighted by Crippen LogP contribution is -2.38. The second-order valence-corrected chi connectivity index (χ2v) is 6.54. The van der Waals surface area contributed by atoms with Gasteiger partial charge < -0.3 is 5.32 Å². The number of pyridine rings is 1. The van der Waals surface area contributed by atoms with Gasteiger partial charge in [-0.05, 0) is 12.1 Å². The minimum Gasteiger partial charge on any atom is -0.354 e. The molecule has 6 nitrogen and oxygen atoms in total. The molecule has 0 bridgehead atoms. The molecule has 0 aromatic carbocycles. The number of hydrogen-bond acceptors (Lipinski definition) is 6. The van der Waals surface area contributed by atoms with E-state index in [1.54, 1.807) is 0 Å². The fourth-order valence-electron chi connectivity index (χ4n) is 1.73. The quantitative estimate of drug-likeness (QED) is 0.762. The highest BCUT2D eigenvalue weighted by molar-refractivity contribution is 8.14. The van der Waals surface area contributed by atoms with E-state index in [0.717, 1.165) is 34.5 Å². The van der Waals surface area contributed by atoms with Crippen LogP contribution in [0.5, 0.6) is 0 Å². The predicted octanol–water partition coefficient (Wildman–Crippen LogP) is 2.00. The van der Waals surface area contributed by atoms with Crippen LogP contribution in [0.4, 0.5) is 18.0 Å². The monoisotopic (exact) mass is 379 g/mol. The Morgan fingerprint density at radius 1 is 1.38 bits per heavy atom. The van der Waals surface area contributed by atoms with Crippen LogP contribution < -0.4 is 5.32 Å². The average Bonchev–Trinajstić information content (AvgIpc) is 2.84. The summed E-state index contributed by atoms with van der Waals surface area (Å²) in [7, 11) is 0. The molecule has 1 aliphatic heterocycles. The summed E-state index contributed by atoms with van der Waals surface area (Å²) in [5, 5.41) is 2.49. The van der Waals surface area contributed by atoms with E-state index in [1.165, 1.54) is 6.07 Å². The summed E-state index contributed by atoms with van der Waals surface area (Å²) >= 11 is 1.90. The van der Waals surface area contributed by atoms with Crippen LogP contribution >= 0.6 is 23.5 Å². The molecule has 0 saturated carbocycles. The number of halogens is 3. The molecule has 1 N–H and O–H groups in total. The van der Waals surface area contributed by atoms with Crippen molar-refractivity contribution in [3.63, 3.8) is 0 Å². The van der Waals surface area contributed by atoms with Crippen LogP contribution in [0.3, 0.4) is 0 Å². The highest BCUT2D eigenvalue weighted by Gasteiger charge is 2.31. The summed E-state index contributed by atoms with van der Waals surface area (Å²) in [6, 6.07) is 2.09. The molecule has 2 heterocycles. The molecule has 1 aliphatic rings. The first kappa shape index (κ1) is 18.6. The highest BCUT2D eigenvalue weighted by atomic mass is 32.2. The van der Waals surface area contributed by atoms with E-state index in [0.29, 0.717) is 11.2 Å². The van der Waals surface area contributed by atoms with Crippen molar-refractivity contribution in [3.05, 3.63) is 23.9 Å². The minimum atomic E-state index is -4.45. The maximum Gasteiger partial charge on any atom is 0.417 e. The molecule has 1 aromatic heterocycles. The third kappa shape index (κ3) is 5.13. The zero-order valence-corrected chi connectivity index (χ0v) is 13.8. The maximum atomic E-state index is 12.4. The molecule has 130 valence electrons. The second kappa shape index (κ2) is 7.88. The first-order valence-electron chi connectivity index (χ1n) is 6.67. The van der Waals surface area contributed by atoms with Crippen molar-refractivity contribution in [1.29, 1.82) is 0 Å². The zero-order chi connectivity index (χ0) is 17.7. The SMILES string of the molecule is O=C(CSc1ccc(C(F)(F)F)cn1)NCCN1C(=O)CSC1=O. The Morgan fingerprint density at radius 2 is 2.12 bits per heavy atom. The standard InChI is InChI=1S/C13H12F3N3O3S2/c14-13(15,16)8-1-2-10(18-5-8)23-6-9(20)17-3-4-19-11(21)7-24-12(19)22/h1-2,5H,3-4,6-7H2,(H,17,20). The Morgan fingerprint density at radius 3 is 2.67 bits per heavy atom. The number of alkyl halides is 3. The van der Waals surface area contributed by atoms with Crippen molar-refractivity contribution in [2.24, 2.45) is 0 Å². The summed E-state index contributed by atoms with van der Waals surface area (Å²) < 4.78 is 37.2. The Balaban J connectivity index is 1.71. The first-order chi connectivity index (χ1) is 11.3. The van der Waals surface area contributed by atoms with Crippen molar-refractivity contribution >= 4 is 40.6 Å². The lowest BCUT2D eigenvalue weighted by Gasteiger charge is -2.13. The number of amides is 3. The predicted molar refractivity (Wildman–Crippen MR) is 82.5 cm³/mol. The maximum absolute atomic E-state index is 12.4. The van der Waals surface area contributed by atoms with E-state index in [4.69, 9.17) is 0 Å². The molecular weight excluding hydrogens is 367 g/mol. The topological polar surface area (TPSA) is 79.4 Å². The number of nitrogens with one attached hydrogen (secondary N) is 1. The molecule has 0 unspecified atom stereocenters. The normalized spacial score (nSPS) is 15.0. The number of hydrogen-bond donors (Lipinski definition) is 1. The van der Waals surface area contributed by atoms with Gasteiger partial charge in [0.05, 0.1) is 22.1 Å². The van der Waals surface area contributed by atoms with Gasteiger partial charge in [-0.2, -0.15) is 13.2 Å². The number of nitrogens with zero attached hydrogens (tertiary/aromatic N) is 2. The van der Waals surface area contributed by atoms with Gasteiger partial charge in [0.15, 0.2) is 0 Å². The third-order valence-corrected chi connectivity index (χ3v) is 4.72. The zero-order valence-electron chi connectivity index (χ0n) is 12.1. The molecule has 2 rings (SSSR count). The van der Waals surface area contributed by atoms with Crippen molar-refractivity contribution in [1.82, 2.24) is 15.2 Å². The molecule has 1 aromatic rings. The van der Waals surface area contributed by atoms with Gasteiger partial charge in [0, 0.05) is 19.3 Å². The molecule has 1 fully saturated rings. The van der Waals surface area contributed by atoms with E-state index >= 15 is 0 Å². The number of carbonyl (C=O) groups is 3. The Hall–Kier alpha value is -1.75. The van der Waals surface area contributed by atoms with Gasteiger partial charge in [0.25, 0.3) is 5.24 Å². The molecule has 24 heavy (non-hydrogen) atoms. The van der Waals surface area contributed by atoms with Crippen molar-refractivity contribution in [3.8, 4) is 0 Å². The second-order valence-electron chi connectivity index (χ2n) is 4.62. The molecule has 11 heteroatoms. The van der Waals surface area contributed by atoms with Gasteiger partial charge in [-0.25, -0.2) is 4.98 Å². The van der Waals surface area contributed by atoms with Gasteiger partial charge in [0.2, 0.25) is 11.8 Å². The van der Waals surface area contributed by atoms with Crippen molar-refractivity contribution < 1.29 is 27.6 Å². The summed E-state index contributed by atoms with van der Waals surface area (Å²) in [4.78, 5) is 39.0. The van der Waals surface area contributed by atoms with E-state index in [1.807, 2.05) is 0 Å². The number of aromatic nitrogens is 1. The summed E-state index contributed by atoms with van der Waals surface area (Å²) in [6.07, 6.45) is -3.74. The number of imide groups is 1. The summed E-state index contributed by atoms with van der Waals surface area (Å²) in [6.45, 7) is 0.220. The van der Waals surface area contributed by atoms with E-state index in [2.05, 4.69) is 10.3 Å². The van der Waals surface area contributed by atoms with Gasteiger partial charge in [-0.3, -0.25) is 19.3 Å². The molecule has 0 atom stereocenters. The first-order valence-corrected chi connectivity index (χ1v) is 8.64. The van der Waals surface area contributed by atoms with Gasteiger partial charge in [-0.15, -0.1) is 0 Å². The Labute approximate surface area is 143 Å². The van der Waals surface area contributed by atoms with E-state index in [-0.39, 0.29) is 41.6 Å². The largest absolute Gasteiger partial charge is 0.417 e. The van der Waals surface area contributed by atoms with Crippen LogP contribution in [0.1, 0.15) is 5.56 Å². The molecule has 3 amide bonds. The highest BCUT2D eigenvalue weighted by Crippen LogP contribution is 2.29. The minimum absolute atomic E-state index is 0.0327. The average molecular weight is 379 g/mol. The van der Waals surface area contributed by atoms with Gasteiger partial charge in [-0.1, -0.05) is 23.5 Å². The fraction of sp³-hybridized carbons (Fsp3) is 0.385. The smallest absolute Gasteiger partial charge is 0.354 e. The molecule has 0 radical (unpaired) electrons. The van der Waals surface area contributed by atoms with Crippen LogP contribution in [0, 0.1) is 0 Å². The van der Waals surface area contributed by atoms with Crippen molar-refractivity contribution in [2.75, 3.05) is 24.6 Å². The lowest BCUT2D eigenvalue weighted by molar-refractivity contribution is -0.138. The van der Waals surface area contributed by atoms with Crippen LogP contribution in [-0.4, -0.2) is 51.5 Å². The van der Waals surface area contributed by atoms with Crippen LogP contribution in [0.25, 0.3) is 0 Å². The molecule has 0 spiro atoms. The number of carbonyl (C=O) groups excluding carboxylic acids is 3. The fourth-order valence-corrected chi connectivity index (χ4v) is 3.15. The summed E-state index contributed by atoms with van der Waals surface area (Å²) in [5.74, 6) is -0.576. The van der Waals surface area contributed by atoms with Crippen molar-refractivity contribution in [2.45, 2.75) is 11.2 Å².